The predicted octanol–water partition coefficient (Wildman–Crippen LogP) is 5.40. The van der Waals surface area contributed by atoms with Crippen LogP contribution in [0.3, 0.4) is 0 Å². The van der Waals surface area contributed by atoms with Gasteiger partial charge in [0, 0.05) is 6.54 Å². The second kappa shape index (κ2) is 9.04. The normalized spacial score (nSPS) is 10.7. The molecule has 26 heavy (non-hydrogen) atoms. The van der Waals surface area contributed by atoms with E-state index in [2.05, 4.69) is 48.6 Å². The second-order valence-corrected chi connectivity index (χ2v) is 6.53. The number of alkyl carbamates (subject to hydrolysis) is 1. The van der Waals surface area contributed by atoms with Crippen LogP contribution in [0.4, 0.5) is 4.79 Å². The number of hydrogen-bond acceptors (Lipinski definition) is 2. The highest BCUT2D eigenvalue weighted by Crippen LogP contribution is 2.23. The minimum atomic E-state index is -0.352. The van der Waals surface area contributed by atoms with E-state index in [1.165, 1.54) is 21.9 Å². The summed E-state index contributed by atoms with van der Waals surface area (Å²) in [5.74, 6) is 0. The molecule has 3 nitrogen and oxygen atoms in total. The fourth-order valence-electron chi connectivity index (χ4n) is 3.14. The van der Waals surface area contributed by atoms with E-state index < -0.39 is 0 Å². The summed E-state index contributed by atoms with van der Waals surface area (Å²) in [7, 11) is 0. The quantitative estimate of drug-likeness (QED) is 0.581. The molecule has 0 aliphatic heterocycles. The SMILES string of the molecule is Cc1ccc(CCCCNC(=O)OCc2ccccc2)c2ccccc12. The van der Waals surface area contributed by atoms with Crippen LogP contribution in [0.25, 0.3) is 10.8 Å². The summed E-state index contributed by atoms with van der Waals surface area (Å²) in [6, 6.07) is 22.7. The van der Waals surface area contributed by atoms with Gasteiger partial charge in [-0.05, 0) is 53.6 Å². The van der Waals surface area contributed by atoms with Crippen LogP contribution in [-0.4, -0.2) is 12.6 Å². The fraction of sp³-hybridized carbons (Fsp3) is 0.261. The predicted molar refractivity (Wildman–Crippen MR) is 106 cm³/mol. The summed E-state index contributed by atoms with van der Waals surface area (Å²) in [4.78, 5) is 11.7. The molecular weight excluding hydrogens is 322 g/mol. The number of carbonyl (C=O) groups excluding carboxylic acids is 1. The molecule has 0 unspecified atom stereocenters. The van der Waals surface area contributed by atoms with Gasteiger partial charge in [0.25, 0.3) is 0 Å². The van der Waals surface area contributed by atoms with E-state index in [9.17, 15) is 4.79 Å². The monoisotopic (exact) mass is 347 g/mol. The van der Waals surface area contributed by atoms with Crippen LogP contribution >= 0.6 is 0 Å². The molecule has 0 radical (unpaired) electrons. The molecule has 3 aromatic rings. The Kier molecular flexibility index (Phi) is 6.26. The van der Waals surface area contributed by atoms with Gasteiger partial charge in [0.1, 0.15) is 6.61 Å². The lowest BCUT2D eigenvalue weighted by atomic mass is 9.97. The molecule has 0 saturated carbocycles. The largest absolute Gasteiger partial charge is 0.445 e. The third-order valence-corrected chi connectivity index (χ3v) is 4.59. The van der Waals surface area contributed by atoms with Crippen molar-refractivity contribution in [1.82, 2.24) is 5.32 Å². The zero-order valence-electron chi connectivity index (χ0n) is 15.2. The number of rotatable bonds is 7. The summed E-state index contributed by atoms with van der Waals surface area (Å²) < 4.78 is 5.21. The Labute approximate surface area is 155 Å². The number of aryl methyl sites for hydroxylation is 2. The van der Waals surface area contributed by atoms with Crippen molar-refractivity contribution < 1.29 is 9.53 Å². The molecule has 0 heterocycles. The fourth-order valence-corrected chi connectivity index (χ4v) is 3.14. The summed E-state index contributed by atoms with van der Waals surface area (Å²) >= 11 is 0. The third kappa shape index (κ3) is 4.85. The Balaban J connectivity index is 1.39. The highest BCUT2D eigenvalue weighted by atomic mass is 16.5. The molecule has 0 aliphatic carbocycles. The van der Waals surface area contributed by atoms with Crippen molar-refractivity contribution in [3.63, 3.8) is 0 Å². The number of amides is 1. The second-order valence-electron chi connectivity index (χ2n) is 6.53. The molecule has 3 rings (SSSR count). The van der Waals surface area contributed by atoms with E-state index in [0.29, 0.717) is 13.2 Å². The van der Waals surface area contributed by atoms with Gasteiger partial charge in [-0.1, -0.05) is 66.7 Å². The van der Waals surface area contributed by atoms with Gasteiger partial charge in [-0.15, -0.1) is 0 Å². The van der Waals surface area contributed by atoms with Crippen LogP contribution in [0.2, 0.25) is 0 Å². The summed E-state index contributed by atoms with van der Waals surface area (Å²) in [5.41, 5.74) is 3.68. The maximum Gasteiger partial charge on any atom is 0.407 e. The third-order valence-electron chi connectivity index (χ3n) is 4.59. The minimum absolute atomic E-state index is 0.308. The number of unbranched alkanes of at least 4 members (excludes halogenated alkanes) is 1. The summed E-state index contributed by atoms with van der Waals surface area (Å²) in [5, 5.41) is 5.49. The van der Waals surface area contributed by atoms with Gasteiger partial charge in [0.15, 0.2) is 0 Å². The molecule has 0 fully saturated rings. The average molecular weight is 347 g/mol. The van der Waals surface area contributed by atoms with Crippen molar-refractivity contribution in [2.45, 2.75) is 32.8 Å². The highest BCUT2D eigenvalue weighted by Gasteiger charge is 2.04. The molecule has 1 amide bonds. The summed E-state index contributed by atoms with van der Waals surface area (Å²) in [6.07, 6.45) is 2.63. The van der Waals surface area contributed by atoms with E-state index in [-0.39, 0.29) is 6.09 Å². The molecule has 0 bridgehead atoms. The molecular formula is C23H25NO2. The molecule has 0 saturated heterocycles. The molecule has 134 valence electrons. The number of ether oxygens (including phenoxy) is 1. The summed E-state index contributed by atoms with van der Waals surface area (Å²) in [6.45, 7) is 3.09. The molecule has 0 aromatic heterocycles. The van der Waals surface area contributed by atoms with Gasteiger partial charge in [0.2, 0.25) is 0 Å². The van der Waals surface area contributed by atoms with Crippen LogP contribution in [0.5, 0.6) is 0 Å². The van der Waals surface area contributed by atoms with Crippen LogP contribution in [-0.2, 0) is 17.8 Å². The van der Waals surface area contributed by atoms with E-state index >= 15 is 0 Å². The minimum Gasteiger partial charge on any atom is -0.445 e. The van der Waals surface area contributed by atoms with Gasteiger partial charge in [-0.25, -0.2) is 4.79 Å². The lowest BCUT2D eigenvalue weighted by Crippen LogP contribution is -2.25. The Bertz CT molecular complexity index is 858. The maximum atomic E-state index is 11.7. The Morgan fingerprint density at radius 1 is 0.885 bits per heavy atom. The van der Waals surface area contributed by atoms with Gasteiger partial charge in [-0.3, -0.25) is 0 Å². The molecule has 0 atom stereocenters. The van der Waals surface area contributed by atoms with Gasteiger partial charge < -0.3 is 10.1 Å². The van der Waals surface area contributed by atoms with Crippen molar-refractivity contribution in [3.05, 3.63) is 83.4 Å². The number of fused-ring (bicyclic) bond motifs is 1. The van der Waals surface area contributed by atoms with Gasteiger partial charge >= 0.3 is 6.09 Å². The molecule has 1 N–H and O–H groups in total. The molecule has 3 heteroatoms. The Morgan fingerprint density at radius 3 is 2.42 bits per heavy atom. The van der Waals surface area contributed by atoms with E-state index in [4.69, 9.17) is 4.74 Å². The standard InChI is InChI=1S/C23H25NO2/c1-18-14-15-20(22-13-6-5-12-21(18)22)11-7-8-16-24-23(25)26-17-19-9-3-2-4-10-19/h2-6,9-10,12-15H,7-8,11,16-17H2,1H3,(H,24,25). The Morgan fingerprint density at radius 2 is 1.62 bits per heavy atom. The van der Waals surface area contributed by atoms with Crippen molar-refractivity contribution in [2.24, 2.45) is 0 Å². The smallest absolute Gasteiger partial charge is 0.407 e. The van der Waals surface area contributed by atoms with Crippen LogP contribution in [0.15, 0.2) is 66.7 Å². The number of nitrogens with one attached hydrogen (secondary N) is 1. The first-order chi connectivity index (χ1) is 12.7. The van der Waals surface area contributed by atoms with Crippen LogP contribution < -0.4 is 5.32 Å². The van der Waals surface area contributed by atoms with Crippen molar-refractivity contribution in [2.75, 3.05) is 6.54 Å². The van der Waals surface area contributed by atoms with Gasteiger partial charge in [0.05, 0.1) is 0 Å². The zero-order valence-corrected chi connectivity index (χ0v) is 15.2. The first-order valence-electron chi connectivity index (χ1n) is 9.16. The van der Waals surface area contributed by atoms with Crippen LogP contribution in [0.1, 0.15) is 29.5 Å². The molecule has 3 aromatic carbocycles. The topological polar surface area (TPSA) is 38.3 Å². The maximum absolute atomic E-state index is 11.7. The lowest BCUT2D eigenvalue weighted by molar-refractivity contribution is 0.139. The molecule has 0 aliphatic rings. The first-order valence-corrected chi connectivity index (χ1v) is 9.16. The Hall–Kier alpha value is -2.81. The highest BCUT2D eigenvalue weighted by molar-refractivity contribution is 5.88. The lowest BCUT2D eigenvalue weighted by Gasteiger charge is -2.10. The molecule has 0 spiro atoms. The average Bonchev–Trinajstić information content (AvgIpc) is 2.69. The van der Waals surface area contributed by atoms with Crippen molar-refractivity contribution in [1.29, 1.82) is 0 Å². The van der Waals surface area contributed by atoms with Crippen molar-refractivity contribution in [3.8, 4) is 0 Å². The van der Waals surface area contributed by atoms with E-state index in [0.717, 1.165) is 24.8 Å². The van der Waals surface area contributed by atoms with Crippen molar-refractivity contribution >= 4 is 16.9 Å². The number of benzene rings is 3. The first kappa shape index (κ1) is 18.0. The van der Waals surface area contributed by atoms with E-state index in [1.54, 1.807) is 0 Å². The number of hydrogen-bond donors (Lipinski definition) is 1. The number of carbonyl (C=O) groups is 1. The zero-order chi connectivity index (χ0) is 18.2. The van der Waals surface area contributed by atoms with Crippen LogP contribution in [0, 0.1) is 6.92 Å². The van der Waals surface area contributed by atoms with Gasteiger partial charge in [-0.2, -0.15) is 0 Å². The van der Waals surface area contributed by atoms with E-state index in [1.807, 2.05) is 30.3 Å².